The van der Waals surface area contributed by atoms with Crippen LogP contribution in [0.5, 0.6) is 0 Å². The van der Waals surface area contributed by atoms with Crippen LogP contribution in [0.1, 0.15) is 5.56 Å². The number of carbonyl (C=O) groups excluding carboxylic acids is 1. The maximum absolute atomic E-state index is 11.8. The summed E-state index contributed by atoms with van der Waals surface area (Å²) in [5.74, 6) is 0. The minimum Gasteiger partial charge on any atom is -0.334 e. The Hall–Kier alpha value is -1.42. The molecule has 0 aromatic heterocycles. The van der Waals surface area contributed by atoms with Crippen molar-refractivity contribution in [3.8, 4) is 0 Å². The van der Waals surface area contributed by atoms with Crippen molar-refractivity contribution in [2.24, 2.45) is 0 Å². The Bertz CT molecular complexity index is 611. The van der Waals surface area contributed by atoms with E-state index in [2.05, 4.69) is 10.6 Å². The molecule has 0 fully saturated rings. The number of urea groups is 1. The quantitative estimate of drug-likeness (QED) is 0.820. The maximum Gasteiger partial charge on any atom is 0.319 e. The van der Waals surface area contributed by atoms with Gasteiger partial charge >= 0.3 is 6.03 Å². The first-order valence-corrected chi connectivity index (χ1v) is 6.92. The minimum atomic E-state index is -0.358. The fraction of sp³-hybridized carbons (Fsp3) is 0.0714. The van der Waals surface area contributed by atoms with Crippen LogP contribution in [0, 0.1) is 0 Å². The summed E-state index contributed by atoms with van der Waals surface area (Å²) >= 11 is 17.7. The van der Waals surface area contributed by atoms with Gasteiger partial charge in [0.15, 0.2) is 0 Å². The molecule has 20 heavy (non-hydrogen) atoms. The van der Waals surface area contributed by atoms with Crippen LogP contribution >= 0.6 is 34.8 Å². The molecule has 0 radical (unpaired) electrons. The van der Waals surface area contributed by atoms with E-state index < -0.39 is 0 Å². The van der Waals surface area contributed by atoms with Crippen LogP contribution < -0.4 is 10.6 Å². The van der Waals surface area contributed by atoms with Crippen molar-refractivity contribution in [1.82, 2.24) is 5.32 Å². The molecule has 2 rings (SSSR count). The summed E-state index contributed by atoms with van der Waals surface area (Å²) in [5, 5.41) is 6.88. The Morgan fingerprint density at radius 1 is 1.00 bits per heavy atom. The number of anilines is 1. The van der Waals surface area contributed by atoms with Crippen LogP contribution in [-0.4, -0.2) is 6.03 Å². The van der Waals surface area contributed by atoms with Gasteiger partial charge in [0.2, 0.25) is 0 Å². The van der Waals surface area contributed by atoms with Gasteiger partial charge in [-0.15, -0.1) is 0 Å². The molecule has 0 aliphatic rings. The van der Waals surface area contributed by atoms with Crippen molar-refractivity contribution in [1.29, 1.82) is 0 Å². The molecule has 104 valence electrons. The van der Waals surface area contributed by atoms with E-state index in [0.717, 1.165) is 5.56 Å². The zero-order chi connectivity index (χ0) is 14.5. The predicted molar refractivity (Wildman–Crippen MR) is 83.8 cm³/mol. The van der Waals surface area contributed by atoms with Gasteiger partial charge in [-0.2, -0.15) is 0 Å². The summed E-state index contributed by atoms with van der Waals surface area (Å²) in [6, 6.07) is 11.8. The Balaban J connectivity index is 1.94. The van der Waals surface area contributed by atoms with Crippen molar-refractivity contribution in [2.45, 2.75) is 6.54 Å². The van der Waals surface area contributed by atoms with E-state index in [0.29, 0.717) is 27.3 Å². The second-order valence-electron chi connectivity index (χ2n) is 4.06. The van der Waals surface area contributed by atoms with E-state index in [9.17, 15) is 4.79 Å². The van der Waals surface area contributed by atoms with E-state index >= 15 is 0 Å². The molecule has 6 heteroatoms. The predicted octanol–water partition coefficient (Wildman–Crippen LogP) is 4.97. The van der Waals surface area contributed by atoms with Crippen LogP contribution in [0.15, 0.2) is 42.5 Å². The van der Waals surface area contributed by atoms with Crippen LogP contribution in [0.3, 0.4) is 0 Å². The molecule has 2 aromatic rings. The highest BCUT2D eigenvalue weighted by atomic mass is 35.5. The van der Waals surface area contributed by atoms with Crippen LogP contribution in [0.2, 0.25) is 15.1 Å². The summed E-state index contributed by atoms with van der Waals surface area (Å²) in [6.07, 6.45) is 0. The number of halogens is 3. The Kier molecular flexibility index (Phi) is 5.12. The van der Waals surface area contributed by atoms with Gasteiger partial charge in [0.05, 0.1) is 0 Å². The van der Waals surface area contributed by atoms with E-state index in [1.54, 1.807) is 24.3 Å². The fourth-order valence-corrected chi connectivity index (χ4v) is 2.35. The Morgan fingerprint density at radius 3 is 2.30 bits per heavy atom. The number of hydrogen-bond acceptors (Lipinski definition) is 1. The largest absolute Gasteiger partial charge is 0.334 e. The monoisotopic (exact) mass is 328 g/mol. The molecule has 0 unspecified atom stereocenters. The molecule has 3 nitrogen and oxygen atoms in total. The molecule has 0 heterocycles. The smallest absolute Gasteiger partial charge is 0.319 e. The third-order valence-corrected chi connectivity index (χ3v) is 3.32. The van der Waals surface area contributed by atoms with Gasteiger partial charge in [0.25, 0.3) is 0 Å². The second kappa shape index (κ2) is 6.84. The molecule has 0 saturated heterocycles. The van der Waals surface area contributed by atoms with Gasteiger partial charge in [-0.3, -0.25) is 0 Å². The third kappa shape index (κ3) is 4.30. The molecule has 2 amide bonds. The van der Waals surface area contributed by atoms with Gasteiger partial charge in [0.1, 0.15) is 0 Å². The lowest BCUT2D eigenvalue weighted by Gasteiger charge is -2.09. The molecule has 0 saturated carbocycles. The SMILES string of the molecule is O=C(NCc1ccccc1Cl)Nc1cc(Cl)cc(Cl)c1. The number of amides is 2. The van der Waals surface area contributed by atoms with Crippen LogP contribution in [0.25, 0.3) is 0 Å². The fourth-order valence-electron chi connectivity index (χ4n) is 1.62. The highest BCUT2D eigenvalue weighted by molar-refractivity contribution is 6.35. The molecule has 0 atom stereocenters. The lowest BCUT2D eigenvalue weighted by Crippen LogP contribution is -2.28. The third-order valence-electron chi connectivity index (χ3n) is 2.52. The lowest BCUT2D eigenvalue weighted by atomic mass is 10.2. The van der Waals surface area contributed by atoms with Crippen molar-refractivity contribution < 1.29 is 4.79 Å². The van der Waals surface area contributed by atoms with Crippen molar-refractivity contribution in [2.75, 3.05) is 5.32 Å². The highest BCUT2D eigenvalue weighted by Crippen LogP contribution is 2.22. The van der Waals surface area contributed by atoms with Gasteiger partial charge in [-0.1, -0.05) is 53.0 Å². The van der Waals surface area contributed by atoms with Crippen molar-refractivity contribution in [3.63, 3.8) is 0 Å². The van der Waals surface area contributed by atoms with E-state index in [4.69, 9.17) is 34.8 Å². The average Bonchev–Trinajstić information content (AvgIpc) is 2.36. The first-order chi connectivity index (χ1) is 9.54. The zero-order valence-electron chi connectivity index (χ0n) is 10.3. The number of carbonyl (C=O) groups is 1. The highest BCUT2D eigenvalue weighted by Gasteiger charge is 2.05. The van der Waals surface area contributed by atoms with Crippen LogP contribution in [-0.2, 0) is 6.54 Å². The van der Waals surface area contributed by atoms with Crippen molar-refractivity contribution in [3.05, 3.63) is 63.1 Å². The van der Waals surface area contributed by atoms with Crippen molar-refractivity contribution >= 4 is 46.5 Å². The molecule has 2 aromatic carbocycles. The molecule has 0 bridgehead atoms. The number of hydrogen-bond donors (Lipinski definition) is 2. The summed E-state index contributed by atoms with van der Waals surface area (Å²) in [5.41, 5.74) is 1.37. The summed E-state index contributed by atoms with van der Waals surface area (Å²) in [6.45, 7) is 0.333. The maximum atomic E-state index is 11.8. The van der Waals surface area contributed by atoms with Crippen LogP contribution in [0.4, 0.5) is 10.5 Å². The first kappa shape index (κ1) is 15.0. The summed E-state index contributed by atoms with van der Waals surface area (Å²) < 4.78 is 0. The second-order valence-corrected chi connectivity index (χ2v) is 5.34. The number of nitrogens with one attached hydrogen (secondary N) is 2. The molecular weight excluding hydrogens is 319 g/mol. The normalized spacial score (nSPS) is 10.2. The van der Waals surface area contributed by atoms with E-state index in [-0.39, 0.29) is 6.03 Å². The lowest BCUT2D eigenvalue weighted by molar-refractivity contribution is 0.252. The molecule has 0 aliphatic carbocycles. The van der Waals surface area contributed by atoms with Gasteiger partial charge in [-0.05, 0) is 29.8 Å². The zero-order valence-corrected chi connectivity index (χ0v) is 12.6. The molecular formula is C14H11Cl3N2O. The topological polar surface area (TPSA) is 41.1 Å². The van der Waals surface area contributed by atoms with E-state index in [1.807, 2.05) is 18.2 Å². The van der Waals surface area contributed by atoms with Gasteiger partial charge in [-0.25, -0.2) is 4.79 Å². The summed E-state index contributed by atoms with van der Waals surface area (Å²) in [7, 11) is 0. The minimum absolute atomic E-state index is 0.333. The van der Waals surface area contributed by atoms with Gasteiger partial charge in [0, 0.05) is 27.3 Å². The first-order valence-electron chi connectivity index (χ1n) is 5.79. The number of rotatable bonds is 3. The van der Waals surface area contributed by atoms with Gasteiger partial charge < -0.3 is 10.6 Å². The Morgan fingerprint density at radius 2 is 1.65 bits per heavy atom. The Labute approximate surface area is 131 Å². The summed E-state index contributed by atoms with van der Waals surface area (Å²) in [4.78, 5) is 11.8. The molecule has 0 aliphatic heterocycles. The molecule has 0 spiro atoms. The standard InChI is InChI=1S/C14H11Cl3N2O/c15-10-5-11(16)7-12(6-10)19-14(20)18-8-9-3-1-2-4-13(9)17/h1-7H,8H2,(H2,18,19,20). The van der Waals surface area contributed by atoms with E-state index in [1.165, 1.54) is 0 Å². The number of benzene rings is 2. The average molecular weight is 330 g/mol. The molecule has 2 N–H and O–H groups in total.